The molecule has 33 heavy (non-hydrogen) atoms. The summed E-state index contributed by atoms with van der Waals surface area (Å²) >= 11 is 0. The number of nitrogens with two attached hydrogens (primary N) is 1. The van der Waals surface area contributed by atoms with Gasteiger partial charge in [-0.15, -0.1) is 0 Å². The molecule has 0 aromatic heterocycles. The molecule has 3 fully saturated rings. The van der Waals surface area contributed by atoms with Gasteiger partial charge in [-0.3, -0.25) is 15.1 Å². The van der Waals surface area contributed by atoms with Crippen molar-refractivity contribution in [2.45, 2.75) is 51.4 Å². The highest BCUT2D eigenvalue weighted by Gasteiger charge is 2.62. The maximum Gasteiger partial charge on any atom is 0.228 e. The Morgan fingerprint density at radius 3 is 2.45 bits per heavy atom. The van der Waals surface area contributed by atoms with Crippen LogP contribution < -0.4 is 10.5 Å². The van der Waals surface area contributed by atoms with Crippen molar-refractivity contribution in [2.75, 3.05) is 13.7 Å². The van der Waals surface area contributed by atoms with Gasteiger partial charge in [0.05, 0.1) is 13.0 Å². The SMILES string of the molecule is COc1ccc(CN2C(=O)[C@H]3[C@@H]([C@H]2C(C)C)[C@@H]2CCCN2[C@H]3c2ccc(C(=N)N)cc2)cc1. The number of hydrogen-bond donors (Lipinski definition) is 2. The van der Waals surface area contributed by atoms with Gasteiger partial charge in [0.25, 0.3) is 0 Å². The number of ether oxygens (including phenoxy) is 1. The van der Waals surface area contributed by atoms with E-state index in [1.54, 1.807) is 7.11 Å². The van der Waals surface area contributed by atoms with Crippen LogP contribution in [0.25, 0.3) is 0 Å². The summed E-state index contributed by atoms with van der Waals surface area (Å²) in [6.07, 6.45) is 2.35. The minimum atomic E-state index is -0.0240. The molecule has 5 atom stereocenters. The lowest BCUT2D eigenvalue weighted by molar-refractivity contribution is -0.134. The van der Waals surface area contributed by atoms with Gasteiger partial charge in [0.1, 0.15) is 11.6 Å². The molecule has 0 spiro atoms. The Labute approximate surface area is 196 Å². The van der Waals surface area contributed by atoms with Gasteiger partial charge < -0.3 is 15.4 Å². The standard InChI is InChI=1S/C27H34N4O2/c1-16(2)24-22-21-5-4-14-30(21)25(18-8-10-19(11-9-18)26(28)29)23(22)27(32)31(24)15-17-6-12-20(33-3)13-7-17/h6-13,16,21-25H,4-5,14-15H2,1-3H3,(H3,28,29)/t21-,22-,23-,24+,25-/m0/s1. The molecule has 3 heterocycles. The topological polar surface area (TPSA) is 82.7 Å². The Balaban J connectivity index is 1.50. The molecule has 6 heteroatoms. The number of carbonyl (C=O) groups is 1. The average Bonchev–Trinajstić information content (AvgIpc) is 3.46. The number of carbonyl (C=O) groups excluding carboxylic acids is 1. The normalized spacial score (nSPS) is 28.9. The lowest BCUT2D eigenvalue weighted by Crippen LogP contribution is -2.44. The fourth-order valence-corrected chi connectivity index (χ4v) is 6.69. The molecule has 0 saturated carbocycles. The molecule has 5 rings (SSSR count). The van der Waals surface area contributed by atoms with Gasteiger partial charge in [-0.1, -0.05) is 50.2 Å². The van der Waals surface area contributed by atoms with E-state index in [9.17, 15) is 4.79 Å². The summed E-state index contributed by atoms with van der Waals surface area (Å²) in [4.78, 5) is 18.8. The summed E-state index contributed by atoms with van der Waals surface area (Å²) in [5, 5.41) is 7.71. The van der Waals surface area contributed by atoms with Crippen molar-refractivity contribution in [1.29, 1.82) is 5.41 Å². The quantitative estimate of drug-likeness (QED) is 0.522. The molecular formula is C27H34N4O2. The largest absolute Gasteiger partial charge is 0.497 e. The van der Waals surface area contributed by atoms with E-state index in [-0.39, 0.29) is 29.7 Å². The van der Waals surface area contributed by atoms with E-state index in [2.05, 4.69) is 47.9 Å². The number of nitrogens with zero attached hydrogens (tertiary/aromatic N) is 2. The van der Waals surface area contributed by atoms with Gasteiger partial charge in [-0.05, 0) is 48.6 Å². The summed E-state index contributed by atoms with van der Waals surface area (Å²) in [7, 11) is 1.67. The monoisotopic (exact) mass is 446 g/mol. The van der Waals surface area contributed by atoms with Crippen molar-refractivity contribution in [2.24, 2.45) is 23.5 Å². The van der Waals surface area contributed by atoms with Gasteiger partial charge in [-0.25, -0.2) is 0 Å². The molecule has 0 bridgehead atoms. The lowest BCUT2D eigenvalue weighted by atomic mass is 9.79. The van der Waals surface area contributed by atoms with Crippen LogP contribution in [0.2, 0.25) is 0 Å². The zero-order valence-electron chi connectivity index (χ0n) is 19.7. The van der Waals surface area contributed by atoms with Crippen molar-refractivity contribution in [3.05, 3.63) is 65.2 Å². The first-order valence-electron chi connectivity index (χ1n) is 12.0. The zero-order valence-corrected chi connectivity index (χ0v) is 19.7. The molecule has 3 saturated heterocycles. The van der Waals surface area contributed by atoms with Gasteiger partial charge in [0.15, 0.2) is 0 Å². The molecule has 1 amide bonds. The number of amides is 1. The van der Waals surface area contributed by atoms with E-state index in [0.717, 1.165) is 29.8 Å². The molecule has 2 aromatic rings. The van der Waals surface area contributed by atoms with Crippen LogP contribution in [-0.2, 0) is 11.3 Å². The third kappa shape index (κ3) is 3.61. The number of fused-ring (bicyclic) bond motifs is 3. The van der Waals surface area contributed by atoms with Crippen LogP contribution in [0.1, 0.15) is 49.4 Å². The number of nitrogens with one attached hydrogen (secondary N) is 1. The van der Waals surface area contributed by atoms with Gasteiger partial charge in [0, 0.05) is 36.2 Å². The van der Waals surface area contributed by atoms with Gasteiger partial charge in [0.2, 0.25) is 5.91 Å². The van der Waals surface area contributed by atoms with Gasteiger partial charge >= 0.3 is 0 Å². The molecular weight excluding hydrogens is 412 g/mol. The molecule has 174 valence electrons. The van der Waals surface area contributed by atoms with E-state index in [1.165, 1.54) is 12.0 Å². The summed E-state index contributed by atoms with van der Waals surface area (Å²) in [6, 6.07) is 16.8. The first-order valence-corrected chi connectivity index (χ1v) is 12.0. The molecule has 2 aromatic carbocycles. The fourth-order valence-electron chi connectivity index (χ4n) is 6.69. The number of rotatable bonds is 6. The average molecular weight is 447 g/mol. The minimum Gasteiger partial charge on any atom is -0.497 e. The minimum absolute atomic E-state index is 0.0240. The number of likely N-dealkylation sites (tertiary alicyclic amines) is 1. The first-order chi connectivity index (χ1) is 15.9. The predicted molar refractivity (Wildman–Crippen MR) is 129 cm³/mol. The van der Waals surface area contributed by atoms with Crippen LogP contribution in [0.3, 0.4) is 0 Å². The molecule has 3 N–H and O–H groups in total. The van der Waals surface area contributed by atoms with Crippen molar-refractivity contribution in [3.63, 3.8) is 0 Å². The summed E-state index contributed by atoms with van der Waals surface area (Å²) < 4.78 is 5.31. The Kier molecular flexibility index (Phi) is 5.65. The number of hydrogen-bond acceptors (Lipinski definition) is 4. The Morgan fingerprint density at radius 1 is 1.15 bits per heavy atom. The number of methoxy groups -OCH3 is 1. The lowest BCUT2D eigenvalue weighted by Gasteiger charge is -2.35. The van der Waals surface area contributed by atoms with E-state index in [0.29, 0.717) is 24.4 Å². The predicted octanol–water partition coefficient (Wildman–Crippen LogP) is 3.80. The molecule has 3 aliphatic heterocycles. The zero-order chi connectivity index (χ0) is 23.3. The number of amidine groups is 1. The first kappa shape index (κ1) is 22.0. The smallest absolute Gasteiger partial charge is 0.228 e. The fraction of sp³-hybridized carbons (Fsp3) is 0.481. The van der Waals surface area contributed by atoms with Crippen LogP contribution >= 0.6 is 0 Å². The molecule has 0 unspecified atom stereocenters. The highest BCUT2D eigenvalue weighted by atomic mass is 16.5. The van der Waals surface area contributed by atoms with E-state index >= 15 is 0 Å². The van der Waals surface area contributed by atoms with E-state index < -0.39 is 0 Å². The highest BCUT2D eigenvalue weighted by molar-refractivity contribution is 5.95. The van der Waals surface area contributed by atoms with Crippen LogP contribution in [0.5, 0.6) is 5.75 Å². The second-order valence-corrected chi connectivity index (χ2v) is 10.1. The van der Waals surface area contributed by atoms with Crippen molar-refractivity contribution < 1.29 is 9.53 Å². The van der Waals surface area contributed by atoms with E-state index in [1.807, 2.05) is 24.3 Å². The highest BCUT2D eigenvalue weighted by Crippen LogP contribution is 2.56. The van der Waals surface area contributed by atoms with Crippen molar-refractivity contribution in [1.82, 2.24) is 9.80 Å². The molecule has 0 radical (unpaired) electrons. The van der Waals surface area contributed by atoms with E-state index in [4.69, 9.17) is 15.9 Å². The van der Waals surface area contributed by atoms with Crippen LogP contribution in [-0.4, -0.2) is 47.3 Å². The van der Waals surface area contributed by atoms with Crippen LogP contribution in [0.4, 0.5) is 0 Å². The number of nitrogen functional groups attached to an aromatic ring is 1. The molecule has 6 nitrogen and oxygen atoms in total. The van der Waals surface area contributed by atoms with Crippen LogP contribution in [0.15, 0.2) is 48.5 Å². The van der Waals surface area contributed by atoms with Crippen LogP contribution in [0, 0.1) is 23.2 Å². The Morgan fingerprint density at radius 2 is 1.85 bits per heavy atom. The van der Waals surface area contributed by atoms with Crippen molar-refractivity contribution in [3.8, 4) is 5.75 Å². The summed E-state index contributed by atoms with van der Waals surface area (Å²) in [6.45, 7) is 6.21. The second kappa shape index (κ2) is 8.49. The number of benzene rings is 2. The maximum atomic E-state index is 14.0. The Bertz CT molecular complexity index is 1030. The van der Waals surface area contributed by atoms with Gasteiger partial charge in [-0.2, -0.15) is 0 Å². The second-order valence-electron chi connectivity index (χ2n) is 10.1. The summed E-state index contributed by atoms with van der Waals surface area (Å²) in [5.74, 6) is 1.90. The maximum absolute atomic E-state index is 14.0. The Hall–Kier alpha value is -2.86. The summed E-state index contributed by atoms with van der Waals surface area (Å²) in [5.41, 5.74) is 8.71. The van der Waals surface area contributed by atoms with Crippen molar-refractivity contribution >= 4 is 11.7 Å². The molecule has 3 aliphatic rings. The third-order valence-electron chi connectivity index (χ3n) is 7.98. The third-order valence-corrected chi connectivity index (χ3v) is 7.98. The molecule has 0 aliphatic carbocycles.